The van der Waals surface area contributed by atoms with Crippen molar-refractivity contribution in [2.75, 3.05) is 0 Å². The molecular weight excluding hydrogens is 303 g/mol. The Kier molecular flexibility index (Phi) is 4.01. The van der Waals surface area contributed by atoms with Crippen molar-refractivity contribution in [1.29, 1.82) is 0 Å². The second kappa shape index (κ2) is 5.42. The molecular formula is C14H12ClFO3S. The van der Waals surface area contributed by atoms with Gasteiger partial charge in [-0.15, -0.1) is 0 Å². The quantitative estimate of drug-likeness (QED) is 0.799. The lowest BCUT2D eigenvalue weighted by Crippen LogP contribution is -1.95. The molecule has 0 atom stereocenters. The molecule has 20 heavy (non-hydrogen) atoms. The van der Waals surface area contributed by atoms with Crippen molar-refractivity contribution in [2.24, 2.45) is 0 Å². The zero-order chi connectivity index (χ0) is 14.9. The van der Waals surface area contributed by atoms with Gasteiger partial charge >= 0.3 is 0 Å². The van der Waals surface area contributed by atoms with Gasteiger partial charge in [0.2, 0.25) is 0 Å². The SMILES string of the molecule is Cc1ccc(Oc2ccc(S(=O)(=O)Cl)c(C)c2)cc1F. The van der Waals surface area contributed by atoms with Crippen LogP contribution in [0.25, 0.3) is 0 Å². The van der Waals surface area contributed by atoms with Crippen LogP contribution in [0.3, 0.4) is 0 Å². The summed E-state index contributed by atoms with van der Waals surface area (Å²) < 4.78 is 41.5. The number of halogens is 2. The van der Waals surface area contributed by atoms with Crippen molar-refractivity contribution in [1.82, 2.24) is 0 Å². The van der Waals surface area contributed by atoms with E-state index in [1.807, 2.05) is 0 Å². The number of benzene rings is 2. The Morgan fingerprint density at radius 2 is 1.60 bits per heavy atom. The Bertz CT molecular complexity index is 757. The van der Waals surface area contributed by atoms with Crippen molar-refractivity contribution >= 4 is 19.7 Å². The molecule has 6 heteroatoms. The highest BCUT2D eigenvalue weighted by Gasteiger charge is 2.14. The third kappa shape index (κ3) is 3.29. The van der Waals surface area contributed by atoms with Gasteiger partial charge in [-0.3, -0.25) is 0 Å². The average molecular weight is 315 g/mol. The van der Waals surface area contributed by atoms with E-state index in [0.29, 0.717) is 22.6 Å². The molecule has 0 bridgehead atoms. The van der Waals surface area contributed by atoms with Crippen LogP contribution in [0.4, 0.5) is 4.39 Å². The molecule has 0 aliphatic rings. The molecule has 0 radical (unpaired) electrons. The standard InChI is InChI=1S/C14H12ClFO3S/c1-9-3-4-12(8-13(9)16)19-11-5-6-14(10(2)7-11)20(15,17)18/h3-8H,1-2H3. The number of ether oxygens (including phenoxy) is 1. The summed E-state index contributed by atoms with van der Waals surface area (Å²) in [5.74, 6) is 0.392. The van der Waals surface area contributed by atoms with Crippen molar-refractivity contribution < 1.29 is 17.5 Å². The predicted octanol–water partition coefficient (Wildman–Crippen LogP) is 4.16. The number of rotatable bonds is 3. The molecule has 2 rings (SSSR count). The molecule has 0 spiro atoms. The molecule has 0 aliphatic heterocycles. The Morgan fingerprint density at radius 1 is 1.00 bits per heavy atom. The van der Waals surface area contributed by atoms with Gasteiger partial charge in [-0.05, 0) is 49.2 Å². The maximum atomic E-state index is 13.4. The number of hydrogen-bond acceptors (Lipinski definition) is 3. The van der Waals surface area contributed by atoms with Crippen LogP contribution in [0.1, 0.15) is 11.1 Å². The molecule has 106 valence electrons. The van der Waals surface area contributed by atoms with E-state index in [9.17, 15) is 12.8 Å². The van der Waals surface area contributed by atoms with E-state index in [1.165, 1.54) is 24.3 Å². The molecule has 2 aromatic rings. The molecule has 0 saturated heterocycles. The normalized spacial score (nSPS) is 11.4. The highest BCUT2D eigenvalue weighted by Crippen LogP contribution is 2.28. The minimum absolute atomic E-state index is 0.0293. The smallest absolute Gasteiger partial charge is 0.261 e. The molecule has 0 saturated carbocycles. The first kappa shape index (κ1) is 14.8. The lowest BCUT2D eigenvalue weighted by molar-refractivity contribution is 0.475. The van der Waals surface area contributed by atoms with Crippen LogP contribution < -0.4 is 4.74 Å². The Hall–Kier alpha value is -1.59. The maximum absolute atomic E-state index is 13.4. The van der Waals surface area contributed by atoms with Gasteiger partial charge in [0, 0.05) is 16.7 Å². The van der Waals surface area contributed by atoms with Gasteiger partial charge in [0.05, 0.1) is 4.90 Å². The molecule has 0 aromatic heterocycles. The second-order valence-electron chi connectivity index (χ2n) is 4.38. The second-order valence-corrected chi connectivity index (χ2v) is 6.91. The van der Waals surface area contributed by atoms with Crippen LogP contribution in [-0.2, 0) is 9.05 Å². The third-order valence-corrected chi connectivity index (χ3v) is 4.27. The fourth-order valence-electron chi connectivity index (χ4n) is 1.73. The largest absolute Gasteiger partial charge is 0.457 e. The van der Waals surface area contributed by atoms with Crippen LogP contribution in [0.15, 0.2) is 41.3 Å². The molecule has 0 unspecified atom stereocenters. The summed E-state index contributed by atoms with van der Waals surface area (Å²) >= 11 is 0. The van der Waals surface area contributed by atoms with Crippen molar-refractivity contribution in [3.63, 3.8) is 0 Å². The summed E-state index contributed by atoms with van der Waals surface area (Å²) in [7, 11) is 1.52. The Labute approximate surface area is 121 Å². The molecule has 0 fully saturated rings. The van der Waals surface area contributed by atoms with Gasteiger partial charge < -0.3 is 4.74 Å². The van der Waals surface area contributed by atoms with Crippen LogP contribution in [0, 0.1) is 19.7 Å². The summed E-state index contributed by atoms with van der Waals surface area (Å²) in [6, 6.07) is 8.89. The molecule has 0 N–H and O–H groups in total. The van der Waals surface area contributed by atoms with Gasteiger partial charge in [-0.2, -0.15) is 0 Å². The lowest BCUT2D eigenvalue weighted by atomic mass is 10.2. The molecule has 2 aromatic carbocycles. The molecule has 3 nitrogen and oxygen atoms in total. The van der Waals surface area contributed by atoms with Crippen LogP contribution in [-0.4, -0.2) is 8.42 Å². The van der Waals surface area contributed by atoms with E-state index in [-0.39, 0.29) is 10.7 Å². The first-order valence-corrected chi connectivity index (χ1v) is 8.07. The van der Waals surface area contributed by atoms with E-state index in [4.69, 9.17) is 15.4 Å². The zero-order valence-corrected chi connectivity index (χ0v) is 12.4. The topological polar surface area (TPSA) is 43.4 Å². The maximum Gasteiger partial charge on any atom is 0.261 e. The average Bonchev–Trinajstić information content (AvgIpc) is 2.32. The lowest BCUT2D eigenvalue weighted by Gasteiger charge is -2.09. The van der Waals surface area contributed by atoms with Gasteiger partial charge in [0.15, 0.2) is 0 Å². The van der Waals surface area contributed by atoms with E-state index in [0.717, 1.165) is 0 Å². The molecule has 0 heterocycles. The van der Waals surface area contributed by atoms with Crippen LogP contribution in [0.5, 0.6) is 11.5 Å². The molecule has 0 amide bonds. The van der Waals surface area contributed by atoms with E-state index < -0.39 is 9.05 Å². The summed E-state index contributed by atoms with van der Waals surface area (Å²) in [4.78, 5) is 0.0293. The van der Waals surface area contributed by atoms with Crippen LogP contribution >= 0.6 is 10.7 Å². The van der Waals surface area contributed by atoms with Gasteiger partial charge in [0.1, 0.15) is 17.3 Å². The third-order valence-electron chi connectivity index (χ3n) is 2.79. The van der Waals surface area contributed by atoms with E-state index >= 15 is 0 Å². The van der Waals surface area contributed by atoms with Gasteiger partial charge in [-0.1, -0.05) is 6.07 Å². The number of hydrogen-bond donors (Lipinski definition) is 0. The number of aryl methyl sites for hydroxylation is 2. The molecule has 0 aliphatic carbocycles. The van der Waals surface area contributed by atoms with Crippen molar-refractivity contribution in [3.05, 3.63) is 53.3 Å². The fraction of sp³-hybridized carbons (Fsp3) is 0.143. The van der Waals surface area contributed by atoms with Gasteiger partial charge in [0.25, 0.3) is 9.05 Å². The zero-order valence-electron chi connectivity index (χ0n) is 10.9. The van der Waals surface area contributed by atoms with E-state index in [1.54, 1.807) is 26.0 Å². The first-order valence-electron chi connectivity index (χ1n) is 5.77. The Balaban J connectivity index is 2.31. The summed E-state index contributed by atoms with van der Waals surface area (Å²) in [5, 5.41) is 0. The van der Waals surface area contributed by atoms with Gasteiger partial charge in [-0.25, -0.2) is 12.8 Å². The van der Waals surface area contributed by atoms with E-state index in [2.05, 4.69) is 0 Å². The minimum atomic E-state index is -3.78. The monoisotopic (exact) mass is 314 g/mol. The van der Waals surface area contributed by atoms with Crippen LogP contribution in [0.2, 0.25) is 0 Å². The fourth-order valence-corrected chi connectivity index (χ4v) is 2.93. The Morgan fingerprint density at radius 3 is 2.15 bits per heavy atom. The summed E-state index contributed by atoms with van der Waals surface area (Å²) in [5.41, 5.74) is 0.988. The first-order chi connectivity index (χ1) is 9.27. The highest BCUT2D eigenvalue weighted by atomic mass is 35.7. The summed E-state index contributed by atoms with van der Waals surface area (Å²) in [6.07, 6.45) is 0. The summed E-state index contributed by atoms with van der Waals surface area (Å²) in [6.45, 7) is 3.27. The van der Waals surface area contributed by atoms with Crippen molar-refractivity contribution in [3.8, 4) is 11.5 Å². The van der Waals surface area contributed by atoms with Crippen molar-refractivity contribution in [2.45, 2.75) is 18.7 Å². The minimum Gasteiger partial charge on any atom is -0.457 e. The highest BCUT2D eigenvalue weighted by molar-refractivity contribution is 8.13. The predicted molar refractivity (Wildman–Crippen MR) is 75.4 cm³/mol.